The van der Waals surface area contributed by atoms with Gasteiger partial charge >= 0.3 is 6.09 Å². The Hall–Kier alpha value is -1.99. The Labute approximate surface area is 139 Å². The second-order valence-electron chi connectivity index (χ2n) is 7.04. The Balaban J connectivity index is 1.75. The van der Waals surface area contributed by atoms with E-state index in [-0.39, 0.29) is 12.1 Å². The summed E-state index contributed by atoms with van der Waals surface area (Å²) in [7, 11) is 0. The van der Waals surface area contributed by atoms with Crippen LogP contribution in [0.3, 0.4) is 0 Å². The van der Waals surface area contributed by atoms with Crippen molar-refractivity contribution in [3.8, 4) is 12.3 Å². The van der Waals surface area contributed by atoms with Gasteiger partial charge in [0.15, 0.2) is 0 Å². The van der Waals surface area contributed by atoms with Crippen LogP contribution in [0.2, 0.25) is 0 Å². The first-order chi connectivity index (χ1) is 10.9. The lowest BCUT2D eigenvalue weighted by Gasteiger charge is -2.32. The number of nitrogens with one attached hydrogen (secondary N) is 1. The number of amides is 1. The molecule has 4 nitrogen and oxygen atoms in total. The first kappa shape index (κ1) is 17.4. The third kappa shape index (κ3) is 5.96. The smallest absolute Gasteiger partial charge is 0.407 e. The highest BCUT2D eigenvalue weighted by Crippen LogP contribution is 2.15. The van der Waals surface area contributed by atoms with E-state index in [1.54, 1.807) is 0 Å². The molecular weight excluding hydrogens is 288 g/mol. The molecule has 1 aliphatic rings. The van der Waals surface area contributed by atoms with Gasteiger partial charge in [-0.05, 0) is 51.3 Å². The van der Waals surface area contributed by atoms with E-state index in [2.05, 4.69) is 28.3 Å². The van der Waals surface area contributed by atoms with Crippen molar-refractivity contribution in [2.24, 2.45) is 0 Å². The number of nitrogens with zero attached hydrogens (tertiary/aromatic N) is 1. The summed E-state index contributed by atoms with van der Waals surface area (Å²) >= 11 is 0. The number of carbonyl (C=O) groups excluding carboxylic acids is 1. The normalized spacial score (nSPS) is 16.6. The maximum Gasteiger partial charge on any atom is 0.407 e. The zero-order valence-electron chi connectivity index (χ0n) is 14.3. The quantitative estimate of drug-likeness (QED) is 0.871. The molecule has 1 aliphatic heterocycles. The zero-order chi connectivity index (χ0) is 16.9. The van der Waals surface area contributed by atoms with E-state index in [9.17, 15) is 4.79 Å². The predicted octanol–water partition coefficient (Wildman–Crippen LogP) is 3.16. The Morgan fingerprint density at radius 3 is 2.43 bits per heavy atom. The third-order valence-corrected chi connectivity index (χ3v) is 3.84. The molecule has 2 rings (SSSR count). The van der Waals surface area contributed by atoms with Crippen LogP contribution in [0.5, 0.6) is 0 Å². The number of likely N-dealkylation sites (tertiary alicyclic amines) is 1. The maximum atomic E-state index is 11.8. The number of hydrogen-bond donors (Lipinski definition) is 1. The van der Waals surface area contributed by atoms with Crippen molar-refractivity contribution in [3.05, 3.63) is 35.4 Å². The van der Waals surface area contributed by atoms with E-state index >= 15 is 0 Å². The summed E-state index contributed by atoms with van der Waals surface area (Å²) in [5.74, 6) is 2.63. The van der Waals surface area contributed by atoms with Crippen molar-refractivity contribution in [1.82, 2.24) is 10.2 Å². The maximum absolute atomic E-state index is 11.8. The lowest BCUT2D eigenvalue weighted by atomic mass is 10.0. The van der Waals surface area contributed by atoms with Gasteiger partial charge in [0.25, 0.3) is 0 Å². The predicted molar refractivity (Wildman–Crippen MR) is 92.0 cm³/mol. The van der Waals surface area contributed by atoms with Crippen LogP contribution >= 0.6 is 0 Å². The number of rotatable bonds is 3. The van der Waals surface area contributed by atoms with Gasteiger partial charge in [-0.25, -0.2) is 4.79 Å². The standard InChI is InChI=1S/C19H26N2O2/c1-5-15-6-8-16(9-7-15)14-21-12-10-17(11-13-21)20-18(22)23-19(2,3)4/h1,6-9,17H,10-14H2,2-4H3,(H,20,22). The Kier molecular flexibility index (Phi) is 5.68. The molecule has 0 aliphatic carbocycles. The summed E-state index contributed by atoms with van der Waals surface area (Å²) in [6.45, 7) is 8.49. The molecule has 1 saturated heterocycles. The van der Waals surface area contributed by atoms with Crippen molar-refractivity contribution in [1.29, 1.82) is 0 Å². The molecule has 4 heteroatoms. The van der Waals surface area contributed by atoms with E-state index in [4.69, 9.17) is 11.2 Å². The molecule has 0 unspecified atom stereocenters. The van der Waals surface area contributed by atoms with Crippen molar-refractivity contribution in [3.63, 3.8) is 0 Å². The highest BCUT2D eigenvalue weighted by molar-refractivity contribution is 5.68. The summed E-state index contributed by atoms with van der Waals surface area (Å²) in [5.41, 5.74) is 1.73. The van der Waals surface area contributed by atoms with Crippen molar-refractivity contribution >= 4 is 6.09 Å². The van der Waals surface area contributed by atoms with E-state index < -0.39 is 5.60 Å². The highest BCUT2D eigenvalue weighted by Gasteiger charge is 2.23. The van der Waals surface area contributed by atoms with Crippen molar-refractivity contribution < 1.29 is 9.53 Å². The minimum absolute atomic E-state index is 0.199. The van der Waals surface area contributed by atoms with Gasteiger partial charge in [-0.15, -0.1) is 6.42 Å². The molecule has 1 aromatic carbocycles. The van der Waals surface area contributed by atoms with E-state index in [0.29, 0.717) is 0 Å². The summed E-state index contributed by atoms with van der Waals surface area (Å²) in [5, 5.41) is 2.96. The SMILES string of the molecule is C#Cc1ccc(CN2CCC(NC(=O)OC(C)(C)C)CC2)cc1. The van der Waals surface area contributed by atoms with Gasteiger partial charge in [-0.1, -0.05) is 18.1 Å². The third-order valence-electron chi connectivity index (χ3n) is 3.84. The molecule has 0 bridgehead atoms. The molecule has 1 heterocycles. The molecule has 124 valence electrons. The van der Waals surface area contributed by atoms with E-state index in [0.717, 1.165) is 38.0 Å². The number of hydrogen-bond acceptors (Lipinski definition) is 3. The number of piperidine rings is 1. The van der Waals surface area contributed by atoms with Crippen LogP contribution in [0.4, 0.5) is 4.79 Å². The average molecular weight is 314 g/mol. The molecule has 1 fully saturated rings. The first-order valence-electron chi connectivity index (χ1n) is 8.13. The number of ether oxygens (including phenoxy) is 1. The number of terminal acetylenes is 1. The van der Waals surface area contributed by atoms with Gasteiger partial charge in [-0.3, -0.25) is 4.90 Å². The van der Waals surface area contributed by atoms with Crippen molar-refractivity contribution in [2.75, 3.05) is 13.1 Å². The molecule has 1 N–H and O–H groups in total. The molecule has 23 heavy (non-hydrogen) atoms. The fraction of sp³-hybridized carbons (Fsp3) is 0.526. The van der Waals surface area contributed by atoms with Crippen LogP contribution in [0.15, 0.2) is 24.3 Å². The fourth-order valence-electron chi connectivity index (χ4n) is 2.67. The summed E-state index contributed by atoms with van der Waals surface area (Å²) in [4.78, 5) is 14.2. The number of carbonyl (C=O) groups is 1. The van der Waals surface area contributed by atoms with Crippen LogP contribution in [0.1, 0.15) is 44.7 Å². The van der Waals surface area contributed by atoms with Crippen LogP contribution < -0.4 is 5.32 Å². The van der Waals surface area contributed by atoms with Gasteiger partial charge in [0.05, 0.1) is 0 Å². The van der Waals surface area contributed by atoms with E-state index in [1.807, 2.05) is 32.9 Å². The molecule has 0 spiro atoms. The topological polar surface area (TPSA) is 41.6 Å². The van der Waals surface area contributed by atoms with Crippen LogP contribution in [0, 0.1) is 12.3 Å². The van der Waals surface area contributed by atoms with E-state index in [1.165, 1.54) is 5.56 Å². The minimum Gasteiger partial charge on any atom is -0.444 e. The summed E-state index contributed by atoms with van der Waals surface area (Å²) in [6.07, 6.45) is 6.95. The molecule has 0 atom stereocenters. The van der Waals surface area contributed by atoms with Crippen LogP contribution in [-0.4, -0.2) is 35.7 Å². The first-order valence-corrected chi connectivity index (χ1v) is 8.13. The Morgan fingerprint density at radius 1 is 1.30 bits per heavy atom. The Bertz CT molecular complexity index is 559. The van der Waals surface area contributed by atoms with Gasteiger partial charge in [0.1, 0.15) is 5.60 Å². The zero-order valence-corrected chi connectivity index (χ0v) is 14.3. The largest absolute Gasteiger partial charge is 0.444 e. The fourth-order valence-corrected chi connectivity index (χ4v) is 2.67. The number of alkyl carbamates (subject to hydrolysis) is 1. The van der Waals surface area contributed by atoms with Crippen molar-refractivity contribution in [2.45, 2.75) is 51.8 Å². The summed E-state index contributed by atoms with van der Waals surface area (Å²) in [6, 6.07) is 8.32. The molecule has 0 aromatic heterocycles. The molecule has 1 amide bonds. The molecule has 0 radical (unpaired) electrons. The monoisotopic (exact) mass is 314 g/mol. The lowest BCUT2D eigenvalue weighted by Crippen LogP contribution is -2.45. The second-order valence-corrected chi connectivity index (χ2v) is 7.04. The highest BCUT2D eigenvalue weighted by atomic mass is 16.6. The van der Waals surface area contributed by atoms with Crippen LogP contribution in [0.25, 0.3) is 0 Å². The van der Waals surface area contributed by atoms with Gasteiger partial charge in [-0.2, -0.15) is 0 Å². The van der Waals surface area contributed by atoms with Gasteiger partial charge < -0.3 is 10.1 Å². The molecular formula is C19H26N2O2. The lowest BCUT2D eigenvalue weighted by molar-refractivity contribution is 0.0477. The average Bonchev–Trinajstić information content (AvgIpc) is 2.48. The second kappa shape index (κ2) is 7.52. The van der Waals surface area contributed by atoms with Gasteiger partial charge in [0.2, 0.25) is 0 Å². The number of benzene rings is 1. The Morgan fingerprint density at radius 2 is 1.91 bits per heavy atom. The minimum atomic E-state index is -0.449. The molecule has 0 saturated carbocycles. The summed E-state index contributed by atoms with van der Waals surface area (Å²) < 4.78 is 5.30. The van der Waals surface area contributed by atoms with Gasteiger partial charge in [0, 0.05) is 31.2 Å². The van der Waals surface area contributed by atoms with Crippen LogP contribution in [-0.2, 0) is 11.3 Å². The molecule has 1 aromatic rings.